The first-order valence-corrected chi connectivity index (χ1v) is 10.1. The van der Waals surface area contributed by atoms with Gasteiger partial charge in [-0.05, 0) is 30.3 Å². The summed E-state index contributed by atoms with van der Waals surface area (Å²) in [4.78, 5) is 26.8. The monoisotopic (exact) mass is 431 g/mol. The Morgan fingerprint density at radius 3 is 2.50 bits per heavy atom. The van der Waals surface area contributed by atoms with Gasteiger partial charge in [-0.15, -0.1) is 0 Å². The number of alkyl halides is 2. The molecule has 7 nitrogen and oxygen atoms in total. The molecule has 0 atom stereocenters. The fraction of sp³-hybridized carbons (Fsp3) is 0.235. The summed E-state index contributed by atoms with van der Waals surface area (Å²) in [6.07, 6.45) is -0.982. The van der Waals surface area contributed by atoms with Crippen LogP contribution >= 0.6 is 11.6 Å². The first-order chi connectivity index (χ1) is 13.1. The Hall–Kier alpha value is -2.59. The van der Waals surface area contributed by atoms with Gasteiger partial charge >= 0.3 is 6.43 Å². The molecule has 0 radical (unpaired) electrons. The van der Waals surface area contributed by atoms with Gasteiger partial charge in [0, 0.05) is 16.8 Å². The van der Waals surface area contributed by atoms with E-state index < -0.39 is 34.7 Å². The summed E-state index contributed by atoms with van der Waals surface area (Å²) in [5.74, 6) is -2.15. The maximum atomic E-state index is 12.1. The predicted molar refractivity (Wildman–Crippen MR) is 100 cm³/mol. The third-order valence-corrected chi connectivity index (χ3v) is 4.95. The van der Waals surface area contributed by atoms with E-state index in [1.165, 1.54) is 24.4 Å². The molecule has 28 heavy (non-hydrogen) atoms. The molecular weight excluding hydrogens is 416 g/mol. The summed E-state index contributed by atoms with van der Waals surface area (Å²) in [7, 11) is -3.64. The van der Waals surface area contributed by atoms with Gasteiger partial charge in [0.05, 0.1) is 30.7 Å². The van der Waals surface area contributed by atoms with Crippen LogP contribution in [0, 0.1) is 0 Å². The third kappa shape index (κ3) is 5.96. The average molecular weight is 432 g/mol. The maximum Gasteiger partial charge on any atom is 0.315 e. The van der Waals surface area contributed by atoms with Crippen molar-refractivity contribution in [2.75, 3.05) is 17.1 Å². The van der Waals surface area contributed by atoms with Crippen molar-refractivity contribution >= 4 is 39.0 Å². The fourth-order valence-corrected chi connectivity index (χ4v) is 3.26. The van der Waals surface area contributed by atoms with Crippen LogP contribution in [0.15, 0.2) is 42.6 Å². The highest BCUT2D eigenvalue weighted by Crippen LogP contribution is 2.23. The normalized spacial score (nSPS) is 11.3. The number of hydrogen-bond acceptors (Lipinski definition) is 5. The number of nitrogens with zero attached hydrogens (tertiary/aromatic N) is 2. The van der Waals surface area contributed by atoms with Crippen molar-refractivity contribution in [1.29, 1.82) is 0 Å². The number of carbonyl (C=O) groups excluding carboxylic acids is 2. The number of Topliss-reactive ketones (excluding diaryl/α,β-unsaturated/α-hetero) is 1. The number of hydrogen-bond donors (Lipinski definition) is 1. The molecule has 0 bridgehead atoms. The lowest BCUT2D eigenvalue weighted by molar-refractivity contribution is -0.131. The van der Waals surface area contributed by atoms with Crippen LogP contribution in [-0.2, 0) is 21.4 Å². The molecule has 0 fully saturated rings. The molecule has 1 amide bonds. The SMILES string of the molecule is CS(=O)(=O)N(Cc1ccc(C(=O)CNC(=O)C(F)F)cn1)c1cccc(Cl)c1. The predicted octanol–water partition coefficient (Wildman–Crippen LogP) is 2.27. The van der Waals surface area contributed by atoms with E-state index in [0.717, 1.165) is 10.6 Å². The van der Waals surface area contributed by atoms with Crippen LogP contribution in [-0.4, -0.2) is 44.3 Å². The van der Waals surface area contributed by atoms with E-state index in [1.807, 2.05) is 5.32 Å². The van der Waals surface area contributed by atoms with Gasteiger partial charge in [-0.3, -0.25) is 18.9 Å². The van der Waals surface area contributed by atoms with E-state index in [-0.39, 0.29) is 12.1 Å². The molecule has 0 saturated heterocycles. The molecule has 11 heteroatoms. The minimum Gasteiger partial charge on any atom is -0.344 e. The molecule has 0 aliphatic rings. The molecule has 2 aromatic rings. The Morgan fingerprint density at radius 1 is 1.25 bits per heavy atom. The minimum absolute atomic E-state index is 0.0898. The quantitative estimate of drug-likeness (QED) is 0.647. The summed E-state index contributed by atoms with van der Waals surface area (Å²) in [5, 5.41) is 2.17. The highest BCUT2D eigenvalue weighted by molar-refractivity contribution is 7.92. The van der Waals surface area contributed by atoms with Gasteiger partial charge in [0.15, 0.2) is 5.78 Å². The van der Waals surface area contributed by atoms with Crippen LogP contribution in [0.5, 0.6) is 0 Å². The number of halogens is 3. The zero-order chi connectivity index (χ0) is 20.9. The number of pyridine rings is 1. The van der Waals surface area contributed by atoms with E-state index in [4.69, 9.17) is 11.6 Å². The Kier molecular flexibility index (Phi) is 7.03. The van der Waals surface area contributed by atoms with Crippen molar-refractivity contribution in [3.63, 3.8) is 0 Å². The zero-order valence-corrected chi connectivity index (χ0v) is 16.2. The second-order valence-corrected chi connectivity index (χ2v) is 8.07. The Balaban J connectivity index is 2.13. The van der Waals surface area contributed by atoms with Crippen LogP contribution in [0.25, 0.3) is 0 Å². The number of amides is 1. The second-order valence-electron chi connectivity index (χ2n) is 5.73. The minimum atomic E-state index is -3.64. The highest BCUT2D eigenvalue weighted by Gasteiger charge is 2.20. The molecule has 2 rings (SSSR count). The summed E-state index contributed by atoms with van der Waals surface area (Å²) in [6.45, 7) is -0.696. The first-order valence-electron chi connectivity index (χ1n) is 7.85. The first kappa shape index (κ1) is 21.7. The molecule has 0 unspecified atom stereocenters. The number of sulfonamides is 1. The van der Waals surface area contributed by atoms with Gasteiger partial charge in [-0.25, -0.2) is 8.42 Å². The van der Waals surface area contributed by atoms with Gasteiger partial charge < -0.3 is 5.32 Å². The van der Waals surface area contributed by atoms with Gasteiger partial charge in [0.1, 0.15) is 0 Å². The van der Waals surface area contributed by atoms with Crippen LogP contribution in [0.1, 0.15) is 16.1 Å². The second kappa shape index (κ2) is 9.07. The molecule has 1 aromatic carbocycles. The fourth-order valence-electron chi connectivity index (χ4n) is 2.21. The van der Waals surface area contributed by atoms with E-state index in [1.54, 1.807) is 18.2 Å². The molecule has 0 aliphatic heterocycles. The molecule has 1 N–H and O–H groups in total. The molecule has 1 aromatic heterocycles. The van der Waals surface area contributed by atoms with E-state index >= 15 is 0 Å². The average Bonchev–Trinajstić information content (AvgIpc) is 2.63. The molecule has 0 spiro atoms. The number of ketones is 1. The number of benzene rings is 1. The van der Waals surface area contributed by atoms with Crippen molar-refractivity contribution in [2.45, 2.75) is 13.0 Å². The van der Waals surface area contributed by atoms with Crippen molar-refractivity contribution in [3.8, 4) is 0 Å². The smallest absolute Gasteiger partial charge is 0.315 e. The maximum absolute atomic E-state index is 12.1. The van der Waals surface area contributed by atoms with Gasteiger partial charge in [0.2, 0.25) is 10.0 Å². The van der Waals surface area contributed by atoms with Gasteiger partial charge in [-0.2, -0.15) is 8.78 Å². The number of aromatic nitrogens is 1. The lowest BCUT2D eigenvalue weighted by Gasteiger charge is -2.22. The molecular formula is C17H16ClF2N3O4S. The number of carbonyl (C=O) groups is 2. The lowest BCUT2D eigenvalue weighted by Crippen LogP contribution is -2.34. The molecule has 0 saturated carbocycles. The van der Waals surface area contributed by atoms with Crippen LogP contribution in [0.4, 0.5) is 14.5 Å². The number of rotatable bonds is 8. The standard InChI is InChI=1S/C17H16ClF2N3O4S/c1-28(26,27)23(14-4-2-3-12(18)7-14)10-13-6-5-11(8-21-13)15(24)9-22-17(25)16(19)20/h2-8,16H,9-10H2,1H3,(H,22,25). The largest absolute Gasteiger partial charge is 0.344 e. The number of nitrogens with one attached hydrogen (secondary N) is 1. The molecule has 0 aliphatic carbocycles. The Labute approximate surface area is 165 Å². The molecule has 150 valence electrons. The van der Waals surface area contributed by atoms with E-state index in [2.05, 4.69) is 4.98 Å². The van der Waals surface area contributed by atoms with Crippen molar-refractivity contribution in [2.24, 2.45) is 0 Å². The van der Waals surface area contributed by atoms with Crippen molar-refractivity contribution < 1.29 is 26.8 Å². The van der Waals surface area contributed by atoms with Crippen LogP contribution < -0.4 is 9.62 Å². The van der Waals surface area contributed by atoms with Gasteiger partial charge in [-0.1, -0.05) is 17.7 Å². The number of anilines is 1. The van der Waals surface area contributed by atoms with Crippen molar-refractivity contribution in [1.82, 2.24) is 10.3 Å². The summed E-state index contributed by atoms with van der Waals surface area (Å²) in [5.41, 5.74) is 0.789. The lowest BCUT2D eigenvalue weighted by atomic mass is 10.1. The Morgan fingerprint density at radius 2 is 1.96 bits per heavy atom. The zero-order valence-electron chi connectivity index (χ0n) is 14.6. The van der Waals surface area contributed by atoms with Crippen LogP contribution in [0.2, 0.25) is 5.02 Å². The van der Waals surface area contributed by atoms with E-state index in [0.29, 0.717) is 16.4 Å². The van der Waals surface area contributed by atoms with Gasteiger partial charge in [0.25, 0.3) is 5.91 Å². The summed E-state index contributed by atoms with van der Waals surface area (Å²) >= 11 is 5.92. The topological polar surface area (TPSA) is 96.4 Å². The molecule has 1 heterocycles. The Bertz CT molecular complexity index is 969. The highest BCUT2D eigenvalue weighted by atomic mass is 35.5. The van der Waals surface area contributed by atoms with Crippen molar-refractivity contribution in [3.05, 3.63) is 58.9 Å². The summed E-state index contributed by atoms with van der Waals surface area (Å²) < 4.78 is 49.6. The summed E-state index contributed by atoms with van der Waals surface area (Å²) in [6, 6.07) is 9.10. The van der Waals surface area contributed by atoms with Crippen LogP contribution in [0.3, 0.4) is 0 Å². The van der Waals surface area contributed by atoms with E-state index in [9.17, 15) is 26.8 Å². The third-order valence-electron chi connectivity index (χ3n) is 3.57.